The molecule has 2 aromatic rings. The first-order valence-corrected chi connectivity index (χ1v) is 22.0. The van der Waals surface area contributed by atoms with E-state index >= 15 is 4.79 Å². The van der Waals surface area contributed by atoms with Crippen molar-refractivity contribution < 1.29 is 42.2 Å². The molecule has 0 unspecified atom stereocenters. The van der Waals surface area contributed by atoms with Crippen LogP contribution in [0.1, 0.15) is 105 Å². The van der Waals surface area contributed by atoms with E-state index in [1.54, 1.807) is 27.7 Å². The topological polar surface area (TPSA) is 185 Å². The van der Waals surface area contributed by atoms with Crippen LogP contribution >= 0.6 is 0 Å². The molecule has 7 rings (SSSR count). The summed E-state index contributed by atoms with van der Waals surface area (Å²) in [5.41, 5.74) is -1.53. The Kier molecular flexibility index (Phi) is 10.8. The number of nitrogens with one attached hydrogen (secondary N) is 2. The molecule has 7 atom stereocenters. The number of sulfonamides is 1. The number of amides is 4. The number of ether oxygens (including phenoxy) is 2. The Hall–Kier alpha value is -4.40. The largest absolute Gasteiger partial charge is 0.477 e. The molecule has 4 amide bonds. The van der Waals surface area contributed by atoms with Crippen molar-refractivity contribution >= 4 is 44.6 Å². The zero-order valence-electron chi connectivity index (χ0n) is 33.9. The number of hydrogen-bond acceptors (Lipinski definition) is 9. The van der Waals surface area contributed by atoms with Crippen molar-refractivity contribution in [3.05, 3.63) is 42.0 Å². The van der Waals surface area contributed by atoms with Gasteiger partial charge in [0.15, 0.2) is 0 Å². The van der Waals surface area contributed by atoms with Gasteiger partial charge in [-0.3, -0.25) is 24.0 Å². The van der Waals surface area contributed by atoms with Gasteiger partial charge in [0.2, 0.25) is 33.6 Å². The minimum Gasteiger partial charge on any atom is -0.477 e. The molecule has 310 valence electrons. The Morgan fingerprint density at radius 2 is 1.88 bits per heavy atom. The standard InChI is InChI=1S/C42H57N5O9S/c1-7-26-21-25(2)13-8-9-14-27-23-42(27,38(50)45-57(53,54)41(6)18-19-41)44-34(48)32-22-28(24-46(32)37(49)33(26)47(39(51)52)40(3,4)5)56-36-31-16-11-10-15-29(31)30-17-12-20-55-35(30)43-36/h9-11,14-16,25-28,32-33H,7-8,12-13,17-24H2,1-6H3,(H,44,48)(H,45,50)(H,51,52)/b14-9-/t25-,26+,27+,28+,32-,33-,42+/m0/s1. The van der Waals surface area contributed by atoms with Crippen molar-refractivity contribution in [3.63, 3.8) is 0 Å². The highest BCUT2D eigenvalue weighted by atomic mass is 32.2. The molecule has 3 N–H and O–H groups in total. The molecule has 5 aliphatic rings. The van der Waals surface area contributed by atoms with E-state index in [9.17, 15) is 27.9 Å². The number of fused-ring (bicyclic) bond motifs is 5. The van der Waals surface area contributed by atoms with Crippen molar-refractivity contribution in [1.29, 1.82) is 0 Å². The van der Waals surface area contributed by atoms with E-state index < -0.39 is 73.8 Å². The Morgan fingerprint density at radius 1 is 1.16 bits per heavy atom. The van der Waals surface area contributed by atoms with Gasteiger partial charge in [0, 0.05) is 28.8 Å². The van der Waals surface area contributed by atoms with Crippen LogP contribution in [0.3, 0.4) is 0 Å². The number of allylic oxidation sites excluding steroid dienone is 1. The van der Waals surface area contributed by atoms with E-state index in [2.05, 4.69) is 17.0 Å². The van der Waals surface area contributed by atoms with E-state index in [1.165, 1.54) is 9.80 Å². The lowest BCUT2D eigenvalue weighted by molar-refractivity contribution is -0.146. The maximum absolute atomic E-state index is 15.3. The predicted molar refractivity (Wildman–Crippen MR) is 213 cm³/mol. The van der Waals surface area contributed by atoms with Crippen LogP contribution in [0.4, 0.5) is 4.79 Å². The number of carboxylic acid groups (broad SMARTS) is 1. The first kappa shape index (κ1) is 40.8. The van der Waals surface area contributed by atoms with Crippen molar-refractivity contribution in [1.82, 2.24) is 24.8 Å². The lowest BCUT2D eigenvalue weighted by Crippen LogP contribution is -2.62. The fraction of sp³-hybridized carbons (Fsp3) is 0.643. The first-order valence-electron chi connectivity index (χ1n) is 20.5. The molecule has 2 saturated carbocycles. The number of pyridine rings is 1. The van der Waals surface area contributed by atoms with Crippen LogP contribution in [0.2, 0.25) is 0 Å². The normalized spacial score (nSPS) is 30.6. The summed E-state index contributed by atoms with van der Waals surface area (Å²) in [6.07, 6.45) is 7.06. The van der Waals surface area contributed by atoms with Gasteiger partial charge in [0.05, 0.1) is 17.9 Å². The quantitative estimate of drug-likeness (QED) is 0.309. The van der Waals surface area contributed by atoms with Crippen LogP contribution < -0.4 is 19.5 Å². The molecule has 2 aliphatic carbocycles. The fourth-order valence-corrected chi connectivity index (χ4v) is 10.4. The molecule has 1 saturated heterocycles. The fourth-order valence-electron chi connectivity index (χ4n) is 9.05. The summed E-state index contributed by atoms with van der Waals surface area (Å²) in [4.78, 5) is 64.6. The molecule has 0 spiro atoms. The Morgan fingerprint density at radius 3 is 2.54 bits per heavy atom. The monoisotopic (exact) mass is 807 g/mol. The minimum atomic E-state index is -4.02. The third kappa shape index (κ3) is 7.80. The maximum Gasteiger partial charge on any atom is 0.408 e. The van der Waals surface area contributed by atoms with Crippen molar-refractivity contribution in [2.24, 2.45) is 17.8 Å². The number of aromatic nitrogens is 1. The molecule has 0 radical (unpaired) electrons. The van der Waals surface area contributed by atoms with E-state index in [-0.39, 0.29) is 31.2 Å². The van der Waals surface area contributed by atoms with Crippen molar-refractivity contribution in [2.45, 2.75) is 140 Å². The van der Waals surface area contributed by atoms with Gasteiger partial charge in [-0.05, 0) is 102 Å². The maximum atomic E-state index is 15.3. The predicted octanol–water partition coefficient (Wildman–Crippen LogP) is 5.33. The molecule has 57 heavy (non-hydrogen) atoms. The Bertz CT molecular complexity index is 2080. The number of carbonyl (C=O) groups is 4. The smallest absolute Gasteiger partial charge is 0.408 e. The number of hydrogen-bond donors (Lipinski definition) is 3. The Labute approximate surface area is 335 Å². The van der Waals surface area contributed by atoms with Crippen LogP contribution in [0.15, 0.2) is 36.4 Å². The second kappa shape index (κ2) is 15.1. The molecule has 0 bridgehead atoms. The molecular formula is C42H57N5O9S. The molecule has 3 fully saturated rings. The number of nitrogens with zero attached hydrogens (tertiary/aromatic N) is 3. The summed E-state index contributed by atoms with van der Waals surface area (Å²) in [5, 5.41) is 15.4. The van der Waals surface area contributed by atoms with Gasteiger partial charge in [0.1, 0.15) is 23.7 Å². The van der Waals surface area contributed by atoms with Gasteiger partial charge in [-0.25, -0.2) is 13.2 Å². The molecule has 3 aliphatic heterocycles. The van der Waals surface area contributed by atoms with Gasteiger partial charge >= 0.3 is 6.09 Å². The van der Waals surface area contributed by atoms with Crippen molar-refractivity contribution in [3.8, 4) is 11.8 Å². The van der Waals surface area contributed by atoms with E-state index in [0.717, 1.165) is 35.6 Å². The Balaban J connectivity index is 1.29. The third-order valence-electron chi connectivity index (χ3n) is 12.8. The average molecular weight is 808 g/mol. The summed E-state index contributed by atoms with van der Waals surface area (Å²) in [7, 11) is -4.02. The van der Waals surface area contributed by atoms with E-state index in [0.29, 0.717) is 50.5 Å². The third-order valence-corrected chi connectivity index (χ3v) is 15.0. The number of carbonyl (C=O) groups excluding carboxylic acids is 3. The zero-order valence-corrected chi connectivity index (χ0v) is 34.7. The second-order valence-electron chi connectivity index (χ2n) is 18.1. The van der Waals surface area contributed by atoms with Gasteiger partial charge in [-0.1, -0.05) is 50.6 Å². The van der Waals surface area contributed by atoms with E-state index in [4.69, 9.17) is 14.5 Å². The average Bonchev–Trinajstić information content (AvgIpc) is 4.03. The SMILES string of the molecule is CC[C@@H]1C[C@@H](C)CC/C=C\[C@@H]2C[C@@]2(C(=O)NS(=O)(=O)C2(C)CC2)NC(=O)[C@@H]2C[C@@H](Oc3nc4c(c5ccccc35)CCCO4)CN2C(=O)[C@H]1N(C(=O)O)C(C)(C)C. The van der Waals surface area contributed by atoms with Gasteiger partial charge < -0.3 is 24.8 Å². The summed E-state index contributed by atoms with van der Waals surface area (Å²) >= 11 is 0. The summed E-state index contributed by atoms with van der Waals surface area (Å²) in [6, 6.07) is 5.43. The molecule has 1 aromatic carbocycles. The highest BCUT2D eigenvalue weighted by Gasteiger charge is 2.63. The van der Waals surface area contributed by atoms with Gasteiger partial charge in [0.25, 0.3) is 5.91 Å². The second-order valence-corrected chi connectivity index (χ2v) is 20.3. The lowest BCUT2D eigenvalue weighted by atomic mass is 9.82. The van der Waals surface area contributed by atoms with Crippen LogP contribution in [-0.4, -0.2) is 99.3 Å². The first-order chi connectivity index (χ1) is 26.9. The van der Waals surface area contributed by atoms with Crippen LogP contribution in [0.5, 0.6) is 11.8 Å². The zero-order chi connectivity index (χ0) is 41.1. The number of aryl methyl sites for hydroxylation is 1. The summed E-state index contributed by atoms with van der Waals surface area (Å²) in [5.74, 6) is -1.92. The highest BCUT2D eigenvalue weighted by Crippen LogP contribution is 2.48. The summed E-state index contributed by atoms with van der Waals surface area (Å²) in [6.45, 7) is 11.4. The van der Waals surface area contributed by atoms with Crippen molar-refractivity contribution in [2.75, 3.05) is 13.2 Å². The highest BCUT2D eigenvalue weighted by molar-refractivity contribution is 7.91. The molecule has 15 heteroatoms. The molecule has 4 heterocycles. The minimum absolute atomic E-state index is 0.0165. The van der Waals surface area contributed by atoms with Crippen LogP contribution in [0, 0.1) is 17.8 Å². The lowest BCUT2D eigenvalue weighted by Gasteiger charge is -2.44. The molecule has 1 aromatic heterocycles. The number of benzene rings is 1. The van der Waals surface area contributed by atoms with Crippen LogP contribution in [0.25, 0.3) is 10.8 Å². The van der Waals surface area contributed by atoms with Gasteiger partial charge in [-0.2, -0.15) is 4.98 Å². The number of rotatable bonds is 7. The molecule has 14 nitrogen and oxygen atoms in total. The molecular weight excluding hydrogens is 751 g/mol. The van der Waals surface area contributed by atoms with Gasteiger partial charge in [-0.15, -0.1) is 0 Å². The van der Waals surface area contributed by atoms with Crippen LogP contribution in [-0.2, 0) is 30.8 Å². The summed E-state index contributed by atoms with van der Waals surface area (Å²) < 4.78 is 40.3. The van der Waals surface area contributed by atoms with E-state index in [1.807, 2.05) is 43.3 Å².